The molecule has 0 radical (unpaired) electrons. The lowest BCUT2D eigenvalue weighted by Gasteiger charge is -2.15. The van der Waals surface area contributed by atoms with Gasteiger partial charge in [-0.1, -0.05) is 51.5 Å². The third-order valence-electron chi connectivity index (χ3n) is 3.61. The maximum Gasteiger partial charge on any atom is 0.317 e. The Balaban J connectivity index is 2.23. The van der Waals surface area contributed by atoms with Gasteiger partial charge in [-0.2, -0.15) is 0 Å². The highest BCUT2D eigenvalue weighted by Crippen LogP contribution is 2.29. The Morgan fingerprint density at radius 2 is 1.94 bits per heavy atom. The normalized spacial score (nSPS) is 20.8. The maximum absolute atomic E-state index is 11.5. The quantitative estimate of drug-likeness (QED) is 0.272. The lowest BCUT2D eigenvalue weighted by Crippen LogP contribution is -2.17. The highest BCUT2D eigenvalue weighted by molar-refractivity contribution is 5.94. The number of ether oxygens (including phenoxy) is 1. The number of esters is 2. The van der Waals surface area contributed by atoms with Crippen molar-refractivity contribution in [3.63, 3.8) is 0 Å². The molecule has 2 unspecified atom stereocenters. The molecule has 0 amide bonds. The minimum absolute atomic E-state index is 0.0927. The molecule has 0 N–H and O–H groups in total. The summed E-state index contributed by atoms with van der Waals surface area (Å²) in [6, 6.07) is 0. The first-order chi connectivity index (χ1) is 8.69. The molecule has 2 atom stereocenters. The minimum atomic E-state index is -0.389. The number of hydrogen-bond donors (Lipinski definition) is 0. The first-order valence-electron chi connectivity index (χ1n) is 7.06. The van der Waals surface area contributed by atoms with Crippen LogP contribution in [0.3, 0.4) is 0 Å². The summed E-state index contributed by atoms with van der Waals surface area (Å²) in [5.74, 6) is -0.948. The second kappa shape index (κ2) is 8.06. The number of carbonyl (C=O) groups excluding carboxylic acids is 2. The van der Waals surface area contributed by atoms with E-state index in [4.69, 9.17) is 0 Å². The second-order valence-corrected chi connectivity index (χ2v) is 5.06. The first-order valence-corrected chi connectivity index (χ1v) is 7.06. The molecule has 3 nitrogen and oxygen atoms in total. The van der Waals surface area contributed by atoms with Gasteiger partial charge in [0.05, 0.1) is 12.3 Å². The molecule has 1 rings (SSSR count). The van der Waals surface area contributed by atoms with E-state index in [2.05, 4.69) is 18.2 Å². The number of carbonyl (C=O) groups is 2. The van der Waals surface area contributed by atoms with Crippen LogP contribution in [0.2, 0.25) is 0 Å². The van der Waals surface area contributed by atoms with Gasteiger partial charge in [0.15, 0.2) is 0 Å². The molecule has 1 aliphatic rings. The van der Waals surface area contributed by atoms with Gasteiger partial charge in [-0.05, 0) is 12.3 Å². The molecule has 1 saturated heterocycles. The van der Waals surface area contributed by atoms with Crippen LogP contribution in [-0.2, 0) is 14.3 Å². The maximum atomic E-state index is 11.5. The van der Waals surface area contributed by atoms with Crippen LogP contribution >= 0.6 is 0 Å². The van der Waals surface area contributed by atoms with E-state index in [1.54, 1.807) is 6.08 Å². The van der Waals surface area contributed by atoms with Gasteiger partial charge >= 0.3 is 11.9 Å². The smallest absolute Gasteiger partial charge is 0.317 e. The first kappa shape index (κ1) is 14.9. The molecule has 0 aliphatic carbocycles. The summed E-state index contributed by atoms with van der Waals surface area (Å²) in [6.07, 6.45) is 10.4. The fourth-order valence-corrected chi connectivity index (χ4v) is 2.46. The van der Waals surface area contributed by atoms with E-state index in [9.17, 15) is 9.59 Å². The predicted molar refractivity (Wildman–Crippen MR) is 70.9 cm³/mol. The Kier molecular flexibility index (Phi) is 6.69. The molecule has 0 aromatic heterocycles. The molecule has 0 spiro atoms. The van der Waals surface area contributed by atoms with Crippen molar-refractivity contribution in [2.45, 2.75) is 58.3 Å². The Bertz CT molecular complexity index is 296. The third-order valence-corrected chi connectivity index (χ3v) is 3.61. The van der Waals surface area contributed by atoms with Gasteiger partial charge < -0.3 is 4.74 Å². The molecule has 102 valence electrons. The predicted octanol–water partition coefficient (Wildman–Crippen LogP) is 3.63. The van der Waals surface area contributed by atoms with Crippen LogP contribution in [0, 0.1) is 11.8 Å². The number of hydrogen-bond acceptors (Lipinski definition) is 3. The fraction of sp³-hybridized carbons (Fsp3) is 0.733. The van der Waals surface area contributed by atoms with E-state index >= 15 is 0 Å². The summed E-state index contributed by atoms with van der Waals surface area (Å²) < 4.78 is 4.59. The summed E-state index contributed by atoms with van der Waals surface area (Å²) >= 11 is 0. The van der Waals surface area contributed by atoms with E-state index in [0.717, 1.165) is 12.8 Å². The topological polar surface area (TPSA) is 43.4 Å². The summed E-state index contributed by atoms with van der Waals surface area (Å²) in [7, 11) is 0. The molecule has 18 heavy (non-hydrogen) atoms. The molecule has 1 heterocycles. The average Bonchev–Trinajstić information content (AvgIpc) is 2.68. The summed E-state index contributed by atoms with van der Waals surface area (Å²) in [5, 5.41) is 0. The monoisotopic (exact) mass is 252 g/mol. The molecule has 0 aromatic rings. The molecular weight excluding hydrogens is 228 g/mol. The van der Waals surface area contributed by atoms with Crippen LogP contribution in [0.15, 0.2) is 12.7 Å². The third kappa shape index (κ3) is 4.63. The molecule has 0 saturated carbocycles. The SMILES string of the molecule is C=CC(CCCCCCCC)C1CC(=O)OC1=O. The average molecular weight is 252 g/mol. The van der Waals surface area contributed by atoms with Gasteiger partial charge in [-0.25, -0.2) is 0 Å². The van der Waals surface area contributed by atoms with E-state index in [-0.39, 0.29) is 30.2 Å². The standard InChI is InChI=1S/C15H24O3/c1-3-5-6-7-8-9-10-12(4-2)13-11-14(16)18-15(13)17/h4,12-13H,2-3,5-11H2,1H3. The zero-order chi connectivity index (χ0) is 13.4. The van der Waals surface area contributed by atoms with Crippen LogP contribution < -0.4 is 0 Å². The van der Waals surface area contributed by atoms with Gasteiger partial charge in [0.1, 0.15) is 0 Å². The Hall–Kier alpha value is -1.12. The van der Waals surface area contributed by atoms with Gasteiger partial charge in [-0.3, -0.25) is 9.59 Å². The largest absolute Gasteiger partial charge is 0.393 e. The molecule has 0 bridgehead atoms. The van der Waals surface area contributed by atoms with Crippen LogP contribution in [0.1, 0.15) is 58.3 Å². The zero-order valence-corrected chi connectivity index (χ0v) is 11.3. The lowest BCUT2D eigenvalue weighted by molar-refractivity contribution is -0.153. The Morgan fingerprint density at radius 3 is 2.50 bits per heavy atom. The van der Waals surface area contributed by atoms with Crippen molar-refractivity contribution in [3.05, 3.63) is 12.7 Å². The zero-order valence-electron chi connectivity index (χ0n) is 11.3. The van der Waals surface area contributed by atoms with Gasteiger partial charge in [0.25, 0.3) is 0 Å². The molecule has 0 aromatic carbocycles. The van der Waals surface area contributed by atoms with Crippen molar-refractivity contribution in [3.8, 4) is 0 Å². The van der Waals surface area contributed by atoms with Crippen LogP contribution in [0.25, 0.3) is 0 Å². The fourth-order valence-electron chi connectivity index (χ4n) is 2.46. The van der Waals surface area contributed by atoms with Crippen LogP contribution in [0.5, 0.6) is 0 Å². The Morgan fingerprint density at radius 1 is 1.28 bits per heavy atom. The van der Waals surface area contributed by atoms with Crippen LogP contribution in [0.4, 0.5) is 0 Å². The van der Waals surface area contributed by atoms with E-state index in [1.165, 1.54) is 32.1 Å². The summed E-state index contributed by atoms with van der Waals surface area (Å²) in [6.45, 7) is 5.98. The number of rotatable bonds is 9. The number of cyclic esters (lactones) is 2. The lowest BCUT2D eigenvalue weighted by atomic mass is 9.86. The van der Waals surface area contributed by atoms with E-state index in [1.807, 2.05) is 0 Å². The number of unbranched alkanes of at least 4 members (excludes halogenated alkanes) is 5. The summed E-state index contributed by atoms with van der Waals surface area (Å²) in [4.78, 5) is 22.5. The molecule has 1 aliphatic heterocycles. The van der Waals surface area contributed by atoms with Gasteiger partial charge in [0, 0.05) is 0 Å². The highest BCUT2D eigenvalue weighted by Gasteiger charge is 2.37. The van der Waals surface area contributed by atoms with Crippen molar-refractivity contribution in [1.82, 2.24) is 0 Å². The second-order valence-electron chi connectivity index (χ2n) is 5.06. The van der Waals surface area contributed by atoms with Crippen molar-refractivity contribution in [2.24, 2.45) is 11.8 Å². The van der Waals surface area contributed by atoms with Crippen molar-refractivity contribution in [2.75, 3.05) is 0 Å². The molecular formula is C15H24O3. The van der Waals surface area contributed by atoms with Crippen molar-refractivity contribution >= 4 is 11.9 Å². The van der Waals surface area contributed by atoms with E-state index < -0.39 is 0 Å². The van der Waals surface area contributed by atoms with Gasteiger partial charge in [-0.15, -0.1) is 6.58 Å². The molecule has 3 heteroatoms. The number of allylic oxidation sites excluding steroid dienone is 1. The van der Waals surface area contributed by atoms with Crippen molar-refractivity contribution in [1.29, 1.82) is 0 Å². The molecule has 1 fully saturated rings. The summed E-state index contributed by atoms with van der Waals surface area (Å²) in [5.41, 5.74) is 0. The Labute approximate surface area is 110 Å². The van der Waals surface area contributed by atoms with Crippen LogP contribution in [-0.4, -0.2) is 11.9 Å². The van der Waals surface area contributed by atoms with Crippen molar-refractivity contribution < 1.29 is 14.3 Å². The van der Waals surface area contributed by atoms with E-state index in [0.29, 0.717) is 0 Å². The highest BCUT2D eigenvalue weighted by atomic mass is 16.6. The minimum Gasteiger partial charge on any atom is -0.393 e. The van der Waals surface area contributed by atoms with Gasteiger partial charge in [0.2, 0.25) is 0 Å².